The Balaban J connectivity index is 1.63. The number of likely N-dealkylation sites (tertiary alicyclic amines) is 1. The summed E-state index contributed by atoms with van der Waals surface area (Å²) in [5.74, 6) is -0.0376. The van der Waals surface area contributed by atoms with Crippen molar-refractivity contribution >= 4 is 11.8 Å². The Morgan fingerprint density at radius 3 is 2.96 bits per heavy atom. The Labute approximate surface area is 150 Å². The molecule has 1 aliphatic rings. The van der Waals surface area contributed by atoms with E-state index in [-0.39, 0.29) is 29.2 Å². The molecule has 136 valence electrons. The molecule has 26 heavy (non-hydrogen) atoms. The van der Waals surface area contributed by atoms with Crippen LogP contribution in [-0.4, -0.2) is 63.1 Å². The van der Waals surface area contributed by atoms with Crippen LogP contribution in [0.3, 0.4) is 0 Å². The number of aryl methyl sites for hydroxylation is 1. The van der Waals surface area contributed by atoms with Gasteiger partial charge in [-0.1, -0.05) is 0 Å². The third-order valence-corrected chi connectivity index (χ3v) is 4.60. The molecule has 2 aromatic rings. The molecule has 0 N–H and O–H groups in total. The smallest absolute Gasteiger partial charge is 0.291 e. The van der Waals surface area contributed by atoms with E-state index in [1.807, 2.05) is 6.07 Å². The second-order valence-corrected chi connectivity index (χ2v) is 6.45. The number of carbonyl (C=O) groups is 2. The molecular weight excluding hydrogens is 336 g/mol. The standard InChI is InChI=1S/C17H20N6O3/c1-21(16(24)13-7-20-22(2)14(13)6-18)9-12-4-3-5-23(10-12)17(25)15-8-19-11-26-15/h7-8,11-12H,3-5,9-10H2,1-2H3. The van der Waals surface area contributed by atoms with Crippen LogP contribution in [0.1, 0.15) is 39.4 Å². The van der Waals surface area contributed by atoms with Crippen LogP contribution >= 0.6 is 0 Å². The zero-order valence-electron chi connectivity index (χ0n) is 14.8. The van der Waals surface area contributed by atoms with Crippen molar-refractivity contribution in [1.29, 1.82) is 5.26 Å². The van der Waals surface area contributed by atoms with E-state index in [9.17, 15) is 14.9 Å². The van der Waals surface area contributed by atoms with Crippen LogP contribution in [0.15, 0.2) is 23.2 Å². The maximum atomic E-state index is 12.6. The first-order valence-electron chi connectivity index (χ1n) is 8.36. The van der Waals surface area contributed by atoms with Gasteiger partial charge in [0.25, 0.3) is 11.8 Å². The van der Waals surface area contributed by atoms with Gasteiger partial charge in [-0.15, -0.1) is 0 Å². The second-order valence-electron chi connectivity index (χ2n) is 6.45. The Bertz CT molecular complexity index is 835. The topological polar surface area (TPSA) is 108 Å². The monoisotopic (exact) mass is 356 g/mol. The lowest BCUT2D eigenvalue weighted by atomic mass is 9.97. The van der Waals surface area contributed by atoms with Crippen molar-refractivity contribution < 1.29 is 14.0 Å². The van der Waals surface area contributed by atoms with Crippen LogP contribution < -0.4 is 0 Å². The van der Waals surface area contributed by atoms with Crippen LogP contribution in [0.5, 0.6) is 0 Å². The van der Waals surface area contributed by atoms with Gasteiger partial charge in [-0.05, 0) is 18.8 Å². The van der Waals surface area contributed by atoms with Crippen molar-refractivity contribution in [2.45, 2.75) is 12.8 Å². The highest BCUT2D eigenvalue weighted by atomic mass is 16.3. The van der Waals surface area contributed by atoms with E-state index in [2.05, 4.69) is 10.1 Å². The molecule has 1 fully saturated rings. The molecule has 1 aliphatic heterocycles. The van der Waals surface area contributed by atoms with Gasteiger partial charge in [-0.25, -0.2) is 4.98 Å². The molecule has 9 nitrogen and oxygen atoms in total. The van der Waals surface area contributed by atoms with Gasteiger partial charge in [0, 0.05) is 33.7 Å². The molecule has 0 spiro atoms. The number of oxazole rings is 1. The molecule has 1 saturated heterocycles. The second kappa shape index (κ2) is 7.39. The van der Waals surface area contributed by atoms with Gasteiger partial charge in [0.15, 0.2) is 12.1 Å². The SMILES string of the molecule is CN(CC1CCCN(C(=O)c2cnco2)C1)C(=O)c1cnn(C)c1C#N. The molecule has 2 aromatic heterocycles. The fourth-order valence-corrected chi connectivity index (χ4v) is 3.28. The van der Waals surface area contributed by atoms with Crippen LogP contribution in [0.4, 0.5) is 0 Å². The summed E-state index contributed by atoms with van der Waals surface area (Å²) in [6.07, 6.45) is 5.85. The summed E-state index contributed by atoms with van der Waals surface area (Å²) >= 11 is 0. The van der Waals surface area contributed by atoms with Crippen molar-refractivity contribution in [2.24, 2.45) is 13.0 Å². The fraction of sp³-hybridized carbons (Fsp3) is 0.471. The summed E-state index contributed by atoms with van der Waals surface area (Å²) in [6.45, 7) is 1.71. The third-order valence-electron chi connectivity index (χ3n) is 4.60. The molecule has 1 atom stereocenters. The molecule has 3 rings (SSSR count). The molecule has 0 aromatic carbocycles. The first-order valence-corrected chi connectivity index (χ1v) is 8.36. The van der Waals surface area contributed by atoms with Crippen molar-refractivity contribution in [3.05, 3.63) is 35.8 Å². The summed E-state index contributed by atoms with van der Waals surface area (Å²) in [5.41, 5.74) is 0.538. The highest BCUT2D eigenvalue weighted by molar-refractivity contribution is 5.95. The van der Waals surface area contributed by atoms with E-state index in [4.69, 9.17) is 4.42 Å². The number of aromatic nitrogens is 3. The van der Waals surface area contributed by atoms with Crippen molar-refractivity contribution in [2.75, 3.05) is 26.7 Å². The average Bonchev–Trinajstić information content (AvgIpc) is 3.30. The maximum absolute atomic E-state index is 12.6. The number of amides is 2. The number of rotatable bonds is 4. The lowest BCUT2D eigenvalue weighted by Gasteiger charge is -2.34. The minimum Gasteiger partial charge on any atom is -0.438 e. The lowest BCUT2D eigenvalue weighted by molar-refractivity contribution is 0.0593. The van der Waals surface area contributed by atoms with E-state index in [1.54, 1.807) is 23.9 Å². The van der Waals surface area contributed by atoms with Gasteiger partial charge >= 0.3 is 0 Å². The van der Waals surface area contributed by atoms with E-state index in [1.165, 1.54) is 23.5 Å². The summed E-state index contributed by atoms with van der Waals surface area (Å²) in [6, 6.07) is 2.00. The number of nitriles is 1. The Morgan fingerprint density at radius 1 is 1.46 bits per heavy atom. The van der Waals surface area contributed by atoms with Crippen molar-refractivity contribution in [3.63, 3.8) is 0 Å². The molecule has 2 amide bonds. The van der Waals surface area contributed by atoms with Gasteiger partial charge in [0.05, 0.1) is 18.0 Å². The van der Waals surface area contributed by atoms with Gasteiger partial charge in [0.1, 0.15) is 6.07 Å². The summed E-state index contributed by atoms with van der Waals surface area (Å²) < 4.78 is 6.47. The molecule has 0 radical (unpaired) electrons. The zero-order valence-corrected chi connectivity index (χ0v) is 14.8. The largest absolute Gasteiger partial charge is 0.438 e. The Kier molecular flexibility index (Phi) is 5.02. The summed E-state index contributed by atoms with van der Waals surface area (Å²) in [5, 5.41) is 13.2. The average molecular weight is 356 g/mol. The number of piperidine rings is 1. The van der Waals surface area contributed by atoms with Gasteiger partial charge in [0.2, 0.25) is 5.76 Å². The van der Waals surface area contributed by atoms with E-state index < -0.39 is 0 Å². The molecule has 9 heteroatoms. The van der Waals surface area contributed by atoms with Gasteiger partial charge in [-0.3, -0.25) is 14.3 Å². The quantitative estimate of drug-likeness (QED) is 0.805. The first-order chi connectivity index (χ1) is 12.5. The van der Waals surface area contributed by atoms with Crippen molar-refractivity contribution in [3.8, 4) is 6.07 Å². The minimum atomic E-state index is -0.242. The predicted molar refractivity (Wildman–Crippen MR) is 90.0 cm³/mol. The van der Waals surface area contributed by atoms with E-state index >= 15 is 0 Å². The Hall–Kier alpha value is -3.15. The highest BCUT2D eigenvalue weighted by Crippen LogP contribution is 2.20. The predicted octanol–water partition coefficient (Wildman–Crippen LogP) is 0.904. The van der Waals surface area contributed by atoms with Gasteiger partial charge in [-0.2, -0.15) is 10.4 Å². The highest BCUT2D eigenvalue weighted by Gasteiger charge is 2.28. The third kappa shape index (κ3) is 3.44. The van der Waals surface area contributed by atoms with Crippen LogP contribution in [0.2, 0.25) is 0 Å². The van der Waals surface area contributed by atoms with E-state index in [0.29, 0.717) is 25.2 Å². The number of carbonyl (C=O) groups excluding carboxylic acids is 2. The summed E-state index contributed by atoms with van der Waals surface area (Å²) in [4.78, 5) is 32.1. The van der Waals surface area contributed by atoms with Crippen LogP contribution in [0, 0.1) is 17.2 Å². The zero-order chi connectivity index (χ0) is 18.7. The fourth-order valence-electron chi connectivity index (χ4n) is 3.28. The number of nitrogens with zero attached hydrogens (tertiary/aromatic N) is 6. The normalized spacial score (nSPS) is 17.0. The first kappa shape index (κ1) is 17.7. The molecule has 0 bridgehead atoms. The molecule has 0 saturated carbocycles. The summed E-state index contributed by atoms with van der Waals surface area (Å²) in [7, 11) is 3.33. The van der Waals surface area contributed by atoms with Crippen molar-refractivity contribution in [1.82, 2.24) is 24.6 Å². The number of hydrogen-bond acceptors (Lipinski definition) is 6. The minimum absolute atomic E-state index is 0.159. The van der Waals surface area contributed by atoms with Gasteiger partial charge < -0.3 is 14.2 Å². The lowest BCUT2D eigenvalue weighted by Crippen LogP contribution is -2.44. The molecule has 0 aliphatic carbocycles. The molecular formula is C17H20N6O3. The van der Waals surface area contributed by atoms with Crippen LogP contribution in [0.25, 0.3) is 0 Å². The van der Waals surface area contributed by atoms with E-state index in [0.717, 1.165) is 12.8 Å². The maximum Gasteiger partial charge on any atom is 0.291 e. The molecule has 3 heterocycles. The molecule has 1 unspecified atom stereocenters. The number of hydrogen-bond donors (Lipinski definition) is 0. The Morgan fingerprint density at radius 2 is 2.27 bits per heavy atom. The van der Waals surface area contributed by atoms with Crippen LogP contribution in [-0.2, 0) is 7.05 Å².